The van der Waals surface area contributed by atoms with Gasteiger partial charge in [-0.3, -0.25) is 4.79 Å². The molecule has 1 aliphatic heterocycles. The number of methoxy groups -OCH3 is 1. The first kappa shape index (κ1) is 13.6. The molecule has 4 nitrogen and oxygen atoms in total. The van der Waals surface area contributed by atoms with Crippen molar-refractivity contribution in [1.82, 2.24) is 0 Å². The van der Waals surface area contributed by atoms with Gasteiger partial charge >= 0.3 is 0 Å². The summed E-state index contributed by atoms with van der Waals surface area (Å²) in [6.07, 6.45) is 1.75. The second-order valence-electron chi connectivity index (χ2n) is 4.49. The lowest BCUT2D eigenvalue weighted by Gasteiger charge is -2.18. The van der Waals surface area contributed by atoms with E-state index >= 15 is 0 Å². The van der Waals surface area contributed by atoms with Gasteiger partial charge in [0.25, 0.3) is 5.91 Å². The van der Waals surface area contributed by atoms with Gasteiger partial charge in [-0.25, -0.2) is 0 Å². The van der Waals surface area contributed by atoms with E-state index in [1.165, 1.54) is 18.9 Å². The first-order chi connectivity index (χ1) is 10.2. The van der Waals surface area contributed by atoms with E-state index in [0.29, 0.717) is 10.7 Å². The van der Waals surface area contributed by atoms with Gasteiger partial charge in [0.1, 0.15) is 0 Å². The molecule has 2 aromatic rings. The molecule has 0 aliphatic carbocycles. The summed E-state index contributed by atoms with van der Waals surface area (Å²) in [6.45, 7) is 0. The van der Waals surface area contributed by atoms with E-state index in [1.54, 1.807) is 24.3 Å². The van der Waals surface area contributed by atoms with Gasteiger partial charge in [0.05, 0.1) is 17.7 Å². The number of carbonyl (C=O) groups is 1. The summed E-state index contributed by atoms with van der Waals surface area (Å²) in [5.41, 5.74) is 1.56. The number of aromatic hydroxyl groups is 1. The molecule has 21 heavy (non-hydrogen) atoms. The molecule has 106 valence electrons. The zero-order valence-electron chi connectivity index (χ0n) is 11.3. The van der Waals surface area contributed by atoms with Crippen LogP contribution in [0, 0.1) is 0 Å². The molecule has 0 saturated carbocycles. The minimum atomic E-state index is -0.144. The van der Waals surface area contributed by atoms with Crippen LogP contribution in [-0.2, 0) is 4.79 Å². The summed E-state index contributed by atoms with van der Waals surface area (Å²) in [5, 5.41) is 12.6. The summed E-state index contributed by atoms with van der Waals surface area (Å²) in [6, 6.07) is 12.7. The second kappa shape index (κ2) is 5.54. The molecule has 0 saturated heterocycles. The molecule has 0 fully saturated rings. The number of para-hydroxylation sites is 1. The van der Waals surface area contributed by atoms with Crippen LogP contribution in [0.3, 0.4) is 0 Å². The van der Waals surface area contributed by atoms with Gasteiger partial charge in [-0.2, -0.15) is 0 Å². The lowest BCUT2D eigenvalue weighted by molar-refractivity contribution is -0.112. The number of hydrogen-bond donors (Lipinski definition) is 2. The maximum absolute atomic E-state index is 12.1. The molecule has 0 atom stereocenters. The number of phenols is 1. The summed E-state index contributed by atoms with van der Waals surface area (Å²) < 4.78 is 5.00. The van der Waals surface area contributed by atoms with Crippen LogP contribution in [0.25, 0.3) is 6.08 Å². The summed E-state index contributed by atoms with van der Waals surface area (Å²) in [4.78, 5) is 13.7. The normalized spacial score (nSPS) is 15.5. The molecule has 0 unspecified atom stereocenters. The van der Waals surface area contributed by atoms with Crippen molar-refractivity contribution in [3.63, 3.8) is 0 Å². The summed E-state index contributed by atoms with van der Waals surface area (Å²) >= 11 is 1.41. The second-order valence-corrected chi connectivity index (χ2v) is 5.58. The Kier molecular flexibility index (Phi) is 3.58. The van der Waals surface area contributed by atoms with Gasteiger partial charge in [0.2, 0.25) is 0 Å². The third-order valence-corrected chi connectivity index (χ3v) is 4.18. The number of carbonyl (C=O) groups excluding carboxylic acids is 1. The smallest absolute Gasteiger partial charge is 0.262 e. The van der Waals surface area contributed by atoms with Crippen LogP contribution >= 0.6 is 11.8 Å². The van der Waals surface area contributed by atoms with Gasteiger partial charge in [0.15, 0.2) is 11.5 Å². The minimum Gasteiger partial charge on any atom is -0.504 e. The number of ether oxygens (including phenoxy) is 1. The van der Waals surface area contributed by atoms with E-state index in [4.69, 9.17) is 4.74 Å². The van der Waals surface area contributed by atoms with Crippen molar-refractivity contribution >= 4 is 29.4 Å². The molecule has 5 heteroatoms. The van der Waals surface area contributed by atoms with Crippen molar-refractivity contribution in [2.75, 3.05) is 12.4 Å². The average molecular weight is 299 g/mol. The quantitative estimate of drug-likeness (QED) is 0.833. The van der Waals surface area contributed by atoms with Crippen LogP contribution in [-0.4, -0.2) is 18.1 Å². The van der Waals surface area contributed by atoms with Crippen molar-refractivity contribution in [2.24, 2.45) is 0 Å². The number of hydrogen-bond acceptors (Lipinski definition) is 4. The van der Waals surface area contributed by atoms with Crippen LogP contribution in [0.4, 0.5) is 5.69 Å². The number of phenolic OH excluding ortho intramolecular Hbond substituents is 1. The fourth-order valence-electron chi connectivity index (χ4n) is 2.05. The number of amides is 1. The Labute approximate surface area is 126 Å². The van der Waals surface area contributed by atoms with E-state index in [0.717, 1.165) is 16.1 Å². The Morgan fingerprint density at radius 1 is 1.24 bits per heavy atom. The third kappa shape index (κ3) is 2.73. The highest BCUT2D eigenvalue weighted by Gasteiger charge is 2.20. The maximum atomic E-state index is 12.1. The largest absolute Gasteiger partial charge is 0.504 e. The molecule has 0 radical (unpaired) electrons. The molecule has 1 amide bonds. The molecule has 0 spiro atoms. The first-order valence-corrected chi connectivity index (χ1v) is 7.16. The summed E-state index contributed by atoms with van der Waals surface area (Å²) in [5.74, 6) is 0.311. The van der Waals surface area contributed by atoms with Gasteiger partial charge in [0, 0.05) is 4.90 Å². The fourth-order valence-corrected chi connectivity index (χ4v) is 3.00. The van der Waals surface area contributed by atoms with Crippen molar-refractivity contribution < 1.29 is 14.6 Å². The van der Waals surface area contributed by atoms with Crippen molar-refractivity contribution in [3.05, 3.63) is 52.9 Å². The molecular formula is C16H13NO3S. The fraction of sp³-hybridized carbons (Fsp3) is 0.0625. The van der Waals surface area contributed by atoms with Crippen molar-refractivity contribution in [1.29, 1.82) is 0 Å². The van der Waals surface area contributed by atoms with Crippen LogP contribution in [0.2, 0.25) is 0 Å². The van der Waals surface area contributed by atoms with Gasteiger partial charge in [-0.1, -0.05) is 30.0 Å². The van der Waals surface area contributed by atoms with Gasteiger partial charge in [-0.15, -0.1) is 0 Å². The molecular weight excluding hydrogens is 286 g/mol. The Morgan fingerprint density at radius 3 is 2.81 bits per heavy atom. The molecule has 1 heterocycles. The molecule has 1 aliphatic rings. The van der Waals surface area contributed by atoms with E-state index < -0.39 is 0 Å². The van der Waals surface area contributed by atoms with Gasteiger partial charge < -0.3 is 15.2 Å². The predicted octanol–water partition coefficient (Wildman–Crippen LogP) is 3.49. The average Bonchev–Trinajstić information content (AvgIpc) is 2.48. The van der Waals surface area contributed by atoms with Crippen molar-refractivity contribution in [2.45, 2.75) is 4.90 Å². The molecule has 0 aromatic heterocycles. The van der Waals surface area contributed by atoms with Crippen LogP contribution in [0.15, 0.2) is 52.3 Å². The summed E-state index contributed by atoms with van der Waals surface area (Å²) in [7, 11) is 1.49. The number of thioether (sulfide) groups is 1. The highest BCUT2D eigenvalue weighted by atomic mass is 32.2. The van der Waals surface area contributed by atoms with Crippen LogP contribution in [0.1, 0.15) is 5.56 Å². The third-order valence-electron chi connectivity index (χ3n) is 3.08. The Balaban J connectivity index is 1.93. The highest BCUT2D eigenvalue weighted by Crippen LogP contribution is 2.39. The topological polar surface area (TPSA) is 58.6 Å². The van der Waals surface area contributed by atoms with E-state index in [9.17, 15) is 9.90 Å². The molecule has 2 N–H and O–H groups in total. The SMILES string of the molecule is COc1ccc(/C=C2\Sc3ccccc3NC2=O)cc1O. The number of anilines is 1. The predicted molar refractivity (Wildman–Crippen MR) is 83.6 cm³/mol. The zero-order chi connectivity index (χ0) is 14.8. The molecule has 3 rings (SSSR count). The van der Waals surface area contributed by atoms with Crippen LogP contribution < -0.4 is 10.1 Å². The van der Waals surface area contributed by atoms with E-state index in [1.807, 2.05) is 24.3 Å². The minimum absolute atomic E-state index is 0.0495. The zero-order valence-corrected chi connectivity index (χ0v) is 12.1. The first-order valence-electron chi connectivity index (χ1n) is 6.34. The monoisotopic (exact) mass is 299 g/mol. The number of benzene rings is 2. The van der Waals surface area contributed by atoms with Crippen molar-refractivity contribution in [3.8, 4) is 11.5 Å². The molecule has 0 bridgehead atoms. The lowest BCUT2D eigenvalue weighted by atomic mass is 10.2. The number of rotatable bonds is 2. The van der Waals surface area contributed by atoms with E-state index in [-0.39, 0.29) is 11.7 Å². The lowest BCUT2D eigenvalue weighted by Crippen LogP contribution is -2.17. The van der Waals surface area contributed by atoms with Crippen LogP contribution in [0.5, 0.6) is 11.5 Å². The Morgan fingerprint density at radius 2 is 2.05 bits per heavy atom. The van der Waals surface area contributed by atoms with E-state index in [2.05, 4.69) is 5.32 Å². The Hall–Kier alpha value is -2.40. The number of fused-ring (bicyclic) bond motifs is 1. The van der Waals surface area contributed by atoms with Gasteiger partial charge in [-0.05, 0) is 35.9 Å². The standard InChI is InChI=1S/C16H13NO3S/c1-20-13-7-6-10(8-12(13)18)9-15-16(19)17-11-4-2-3-5-14(11)21-15/h2-9,18H,1H3,(H,17,19)/b15-9-. The molecule has 2 aromatic carbocycles. The highest BCUT2D eigenvalue weighted by molar-refractivity contribution is 8.04. The number of nitrogens with one attached hydrogen (secondary N) is 1. The Bertz CT molecular complexity index is 740. The maximum Gasteiger partial charge on any atom is 0.262 e.